The normalized spacial score (nSPS) is 20.8. The number of rotatable bonds is 3. The van der Waals surface area contributed by atoms with Crippen LogP contribution in [0.1, 0.15) is 36.8 Å². The van der Waals surface area contributed by atoms with Gasteiger partial charge in [-0.3, -0.25) is 0 Å². The molecule has 1 aromatic carbocycles. The lowest BCUT2D eigenvalue weighted by molar-refractivity contribution is 0.255. The fourth-order valence-electron chi connectivity index (χ4n) is 2.96. The van der Waals surface area contributed by atoms with E-state index >= 15 is 0 Å². The molecule has 1 unspecified atom stereocenters. The highest BCUT2D eigenvalue weighted by Gasteiger charge is 2.24. The van der Waals surface area contributed by atoms with Gasteiger partial charge in [0, 0.05) is 12.1 Å². The molecule has 1 atom stereocenters. The van der Waals surface area contributed by atoms with Crippen molar-refractivity contribution in [1.82, 2.24) is 0 Å². The molecular weight excluding hydrogens is 254 g/mol. The average molecular weight is 277 g/mol. The van der Waals surface area contributed by atoms with E-state index in [1.165, 1.54) is 6.42 Å². The van der Waals surface area contributed by atoms with Gasteiger partial charge in [0.25, 0.3) is 0 Å². The van der Waals surface area contributed by atoms with Crippen molar-refractivity contribution >= 4 is 11.5 Å². The summed E-state index contributed by atoms with van der Waals surface area (Å²) in [5.74, 6) is 0.115. The van der Waals surface area contributed by atoms with E-state index in [1.807, 2.05) is 25.1 Å². The second kappa shape index (κ2) is 6.61. The molecule has 2 rings (SSSR count). The summed E-state index contributed by atoms with van der Waals surface area (Å²) in [7, 11) is 0. The maximum atomic E-state index is 9.67. The Kier molecular flexibility index (Phi) is 4.84. The van der Waals surface area contributed by atoms with Crippen molar-refractivity contribution in [2.75, 3.05) is 18.1 Å². The molecule has 1 aromatic rings. The molecule has 0 bridgehead atoms. The van der Waals surface area contributed by atoms with Crippen LogP contribution >= 0.6 is 0 Å². The minimum Gasteiger partial charge on any atom is -0.409 e. The van der Waals surface area contributed by atoms with Crippen LogP contribution in [-0.2, 0) is 0 Å². The number of aryl methyl sites for hydroxylation is 1. The molecule has 0 aromatic heterocycles. The molecule has 0 saturated carbocycles. The Bertz CT molecular complexity index is 488. The second-order valence-electron chi connectivity index (χ2n) is 5.34. The van der Waals surface area contributed by atoms with Crippen LogP contribution in [0, 0.1) is 6.92 Å². The van der Waals surface area contributed by atoms with E-state index in [0.29, 0.717) is 0 Å². The van der Waals surface area contributed by atoms with Crippen LogP contribution in [0.15, 0.2) is 23.4 Å². The smallest absolute Gasteiger partial charge is 0.172 e. The molecule has 0 spiro atoms. The van der Waals surface area contributed by atoms with Crippen LogP contribution < -0.4 is 10.6 Å². The van der Waals surface area contributed by atoms with E-state index in [1.54, 1.807) is 0 Å². The Hall–Kier alpha value is -1.75. The highest BCUT2D eigenvalue weighted by Crippen LogP contribution is 2.30. The monoisotopic (exact) mass is 277 g/mol. The average Bonchev–Trinajstić information content (AvgIpc) is 2.71. The Morgan fingerprint density at radius 3 is 2.90 bits per heavy atom. The number of amidine groups is 1. The zero-order valence-electron chi connectivity index (χ0n) is 11.9. The molecule has 4 N–H and O–H groups in total. The fourth-order valence-corrected chi connectivity index (χ4v) is 2.96. The van der Waals surface area contributed by atoms with Gasteiger partial charge >= 0.3 is 0 Å². The quantitative estimate of drug-likeness (QED) is 0.341. The summed E-state index contributed by atoms with van der Waals surface area (Å²) < 4.78 is 0. The third kappa shape index (κ3) is 2.88. The van der Waals surface area contributed by atoms with Gasteiger partial charge in [-0.05, 0) is 31.4 Å². The number of nitrogens with two attached hydrogens (primary N) is 1. The standard InChI is InChI=1S/C15H23N3O2/c1-11-6-5-8-13(15(16)17-20)14(11)18-9-4-2-3-7-12(18)10-19/h5-6,8,12,19-20H,2-4,7,9-10H2,1H3,(H2,16,17). The maximum absolute atomic E-state index is 9.67. The van der Waals surface area contributed by atoms with Gasteiger partial charge in [0.1, 0.15) is 0 Å². The number of hydrogen-bond acceptors (Lipinski definition) is 4. The molecule has 1 fully saturated rings. The van der Waals surface area contributed by atoms with Crippen LogP contribution in [0.3, 0.4) is 0 Å². The third-order valence-corrected chi connectivity index (χ3v) is 4.00. The van der Waals surface area contributed by atoms with Gasteiger partial charge in [-0.25, -0.2) is 0 Å². The van der Waals surface area contributed by atoms with Crippen LogP contribution in [0.2, 0.25) is 0 Å². The van der Waals surface area contributed by atoms with Crippen molar-refractivity contribution in [3.05, 3.63) is 29.3 Å². The highest BCUT2D eigenvalue weighted by molar-refractivity contribution is 6.02. The molecule has 0 radical (unpaired) electrons. The lowest BCUT2D eigenvalue weighted by atomic mass is 10.0. The number of benzene rings is 1. The van der Waals surface area contributed by atoms with Gasteiger partial charge in [0.15, 0.2) is 5.84 Å². The molecule has 0 aliphatic carbocycles. The van der Waals surface area contributed by atoms with Gasteiger partial charge in [-0.2, -0.15) is 0 Å². The number of hydrogen-bond donors (Lipinski definition) is 3. The van der Waals surface area contributed by atoms with Crippen LogP contribution in [0.5, 0.6) is 0 Å². The first-order valence-corrected chi connectivity index (χ1v) is 7.14. The predicted molar refractivity (Wildman–Crippen MR) is 80.4 cm³/mol. The summed E-state index contributed by atoms with van der Waals surface area (Å²) in [5, 5.41) is 21.8. The van der Waals surface area contributed by atoms with Gasteiger partial charge < -0.3 is 20.9 Å². The van der Waals surface area contributed by atoms with E-state index in [9.17, 15) is 5.11 Å². The maximum Gasteiger partial charge on any atom is 0.172 e. The van der Waals surface area contributed by atoms with Gasteiger partial charge in [0.05, 0.1) is 18.3 Å². The summed E-state index contributed by atoms with van der Waals surface area (Å²) in [6, 6.07) is 5.88. The van der Waals surface area contributed by atoms with Gasteiger partial charge in [-0.1, -0.05) is 30.1 Å². The Morgan fingerprint density at radius 1 is 1.40 bits per heavy atom. The fraction of sp³-hybridized carbons (Fsp3) is 0.533. The molecule has 0 amide bonds. The molecule has 110 valence electrons. The first-order valence-electron chi connectivity index (χ1n) is 7.14. The van der Waals surface area contributed by atoms with Crippen LogP contribution in [0.4, 0.5) is 5.69 Å². The Balaban J connectivity index is 2.48. The zero-order valence-corrected chi connectivity index (χ0v) is 11.9. The van der Waals surface area contributed by atoms with Gasteiger partial charge in [-0.15, -0.1) is 0 Å². The van der Waals surface area contributed by atoms with Crippen molar-refractivity contribution in [2.45, 2.75) is 38.6 Å². The molecule has 1 aliphatic heterocycles. The predicted octanol–water partition coefficient (Wildman–Crippen LogP) is 1.83. The van der Waals surface area contributed by atoms with Crippen molar-refractivity contribution < 1.29 is 10.3 Å². The largest absolute Gasteiger partial charge is 0.409 e. The summed E-state index contributed by atoms with van der Waals surface area (Å²) >= 11 is 0. The van der Waals surface area contributed by atoms with Crippen molar-refractivity contribution in [1.29, 1.82) is 0 Å². The van der Waals surface area contributed by atoms with E-state index in [0.717, 1.165) is 42.6 Å². The Labute approximate surface area is 119 Å². The number of anilines is 1. The molecule has 1 saturated heterocycles. The van der Waals surface area contributed by atoms with Crippen LogP contribution in [0.25, 0.3) is 0 Å². The Morgan fingerprint density at radius 2 is 2.20 bits per heavy atom. The van der Waals surface area contributed by atoms with Crippen LogP contribution in [-0.4, -0.2) is 35.3 Å². The molecule has 5 nitrogen and oxygen atoms in total. The first-order chi connectivity index (χ1) is 9.69. The number of nitrogens with zero attached hydrogens (tertiary/aromatic N) is 2. The summed E-state index contributed by atoms with van der Waals surface area (Å²) in [6.07, 6.45) is 4.38. The van der Waals surface area contributed by atoms with Crippen molar-refractivity contribution in [2.24, 2.45) is 10.9 Å². The summed E-state index contributed by atoms with van der Waals surface area (Å²) in [5.41, 5.74) is 8.59. The molecular formula is C15H23N3O2. The summed E-state index contributed by atoms with van der Waals surface area (Å²) in [4.78, 5) is 2.22. The van der Waals surface area contributed by atoms with Crippen molar-refractivity contribution in [3.8, 4) is 0 Å². The lowest BCUT2D eigenvalue weighted by Crippen LogP contribution is -2.39. The molecule has 1 heterocycles. The number of aliphatic hydroxyl groups is 1. The van der Waals surface area contributed by atoms with Crippen molar-refractivity contribution in [3.63, 3.8) is 0 Å². The molecule has 1 aliphatic rings. The number of oxime groups is 1. The topological polar surface area (TPSA) is 82.1 Å². The minimum atomic E-state index is 0.101. The van der Waals surface area contributed by atoms with E-state index < -0.39 is 0 Å². The van der Waals surface area contributed by atoms with E-state index in [-0.39, 0.29) is 18.5 Å². The SMILES string of the molecule is Cc1cccc(/C(N)=N/O)c1N1CCCCCC1CO. The lowest BCUT2D eigenvalue weighted by Gasteiger charge is -2.33. The minimum absolute atomic E-state index is 0.101. The molecule has 20 heavy (non-hydrogen) atoms. The summed E-state index contributed by atoms with van der Waals surface area (Å²) in [6.45, 7) is 3.04. The first kappa shape index (κ1) is 14.7. The number of aliphatic hydroxyl groups excluding tert-OH is 1. The zero-order chi connectivity index (χ0) is 14.5. The van der Waals surface area contributed by atoms with E-state index in [2.05, 4.69) is 10.1 Å². The molecule has 5 heteroatoms. The second-order valence-corrected chi connectivity index (χ2v) is 5.34. The van der Waals surface area contributed by atoms with Gasteiger partial charge in [0.2, 0.25) is 0 Å². The number of para-hydroxylation sites is 1. The third-order valence-electron chi connectivity index (χ3n) is 4.00. The van der Waals surface area contributed by atoms with E-state index in [4.69, 9.17) is 10.9 Å². The highest BCUT2D eigenvalue weighted by atomic mass is 16.4.